The fourth-order valence-corrected chi connectivity index (χ4v) is 8.77. The number of ketones is 1. The van der Waals surface area contributed by atoms with Crippen LogP contribution < -0.4 is 16.4 Å². The summed E-state index contributed by atoms with van der Waals surface area (Å²) in [7, 11) is 0. The van der Waals surface area contributed by atoms with Gasteiger partial charge in [-0.15, -0.1) is 33.3 Å². The molecule has 318 valence electrons. The fraction of sp³-hybridized carbons (Fsp3) is 0.500. The Bertz CT molecular complexity index is 2070. The van der Waals surface area contributed by atoms with Gasteiger partial charge in [-0.3, -0.25) is 28.9 Å². The largest absolute Gasteiger partial charge is 0.504 e. The van der Waals surface area contributed by atoms with Crippen molar-refractivity contribution >= 4 is 69.1 Å². The Morgan fingerprint density at radius 1 is 1.20 bits per heavy atom. The van der Waals surface area contributed by atoms with Crippen LogP contribution in [0.4, 0.5) is 9.52 Å². The summed E-state index contributed by atoms with van der Waals surface area (Å²) in [6.07, 6.45) is 1.17. The zero-order valence-electron chi connectivity index (χ0n) is 32.9. The van der Waals surface area contributed by atoms with Gasteiger partial charge in [0.2, 0.25) is 11.9 Å². The first kappa shape index (κ1) is 44.4. The standard InChI is InChI=1S/C34H40FN11O9S2.C2H6/c1-3-6-22(48)24(14-54-17(2)47)55-42-25(21-16-57-34(36)38-21)31(52)39-26-32(53)45-27(29-40-43-44-41-29)19(15-56-33(26)45)13-46(8-4-5-9-46)10-7-37-30(51)18-11-20(35)28(50)23(49)12-18;1-2/h11-12,16,24,26,33H,3-10,13-15H2,1-2H3,(H6-,36,37,38,39,40,41,42,43,44,49,50,51,52);1-2H3/p+1/t24-,26+,33+;/m0./s1. The number of amides is 3. The van der Waals surface area contributed by atoms with Crippen molar-refractivity contribution in [1.29, 1.82) is 0 Å². The number of rotatable bonds is 17. The predicted molar refractivity (Wildman–Crippen MR) is 213 cm³/mol. The van der Waals surface area contributed by atoms with Gasteiger partial charge in [0.15, 0.2) is 33.9 Å². The number of benzene rings is 1. The van der Waals surface area contributed by atoms with Gasteiger partial charge in [-0.05, 0) is 23.8 Å². The summed E-state index contributed by atoms with van der Waals surface area (Å²) in [5.74, 6) is -5.08. The highest BCUT2D eigenvalue weighted by atomic mass is 32.2. The van der Waals surface area contributed by atoms with Crippen molar-refractivity contribution < 1.29 is 52.6 Å². The van der Waals surface area contributed by atoms with E-state index in [1.54, 1.807) is 6.92 Å². The molecule has 0 unspecified atom stereocenters. The third kappa shape index (κ3) is 10.3. The van der Waals surface area contributed by atoms with Gasteiger partial charge in [0.25, 0.3) is 17.7 Å². The smallest absolute Gasteiger partial charge is 0.302 e. The number of halogens is 1. The molecule has 5 heterocycles. The number of ether oxygens (including phenoxy) is 1. The normalized spacial score (nSPS) is 18.8. The van der Waals surface area contributed by atoms with E-state index in [1.807, 2.05) is 13.8 Å². The molecule has 3 amide bonds. The minimum absolute atomic E-state index is 0.0444. The Labute approximate surface area is 346 Å². The van der Waals surface area contributed by atoms with E-state index in [-0.39, 0.29) is 40.9 Å². The Morgan fingerprint density at radius 2 is 1.95 bits per heavy atom. The van der Waals surface area contributed by atoms with E-state index in [0.29, 0.717) is 35.4 Å². The number of hydrogen-bond donors (Lipinski definition) is 6. The lowest BCUT2D eigenvalue weighted by Gasteiger charge is -2.50. The number of nitrogen functional groups attached to an aromatic ring is 1. The number of Topliss-reactive ketones (excluding diaryl/α,β-unsaturated/α-hetero) is 1. The molecule has 0 radical (unpaired) electrons. The molecule has 6 rings (SSSR count). The first-order valence-corrected chi connectivity index (χ1v) is 20.9. The molecule has 7 N–H and O–H groups in total. The highest BCUT2D eigenvalue weighted by Gasteiger charge is 2.55. The van der Waals surface area contributed by atoms with E-state index >= 15 is 0 Å². The molecule has 2 aromatic heterocycles. The molecule has 3 aliphatic rings. The van der Waals surface area contributed by atoms with E-state index in [0.717, 1.165) is 55.0 Å². The molecule has 1 aromatic carbocycles. The molecule has 2 fully saturated rings. The number of likely N-dealkylation sites (tertiary alicyclic amines) is 1. The second-order valence-electron chi connectivity index (χ2n) is 13.6. The van der Waals surface area contributed by atoms with Crippen molar-refractivity contribution in [2.24, 2.45) is 5.16 Å². The molecule has 20 nitrogen and oxygen atoms in total. The van der Waals surface area contributed by atoms with Crippen LogP contribution in [0.3, 0.4) is 0 Å². The molecule has 59 heavy (non-hydrogen) atoms. The third-order valence-corrected chi connectivity index (χ3v) is 11.7. The number of oxime groups is 1. The number of nitrogens with two attached hydrogens (primary N) is 1. The van der Waals surface area contributed by atoms with Crippen LogP contribution >= 0.6 is 23.1 Å². The molecule has 3 atom stereocenters. The number of hydrogen-bond acceptors (Lipinski definition) is 17. The number of aromatic amines is 1. The molecule has 23 heteroatoms. The van der Waals surface area contributed by atoms with Crippen molar-refractivity contribution in [3.8, 4) is 11.5 Å². The molecular weight excluding hydrogens is 814 g/mol. The van der Waals surface area contributed by atoms with Gasteiger partial charge in [-0.1, -0.05) is 25.9 Å². The number of β-lactam (4-membered cyclic amide) rings is 1. The van der Waals surface area contributed by atoms with E-state index in [1.165, 1.54) is 29.0 Å². The summed E-state index contributed by atoms with van der Waals surface area (Å²) in [5, 5.41) is 44.3. The summed E-state index contributed by atoms with van der Waals surface area (Å²) >= 11 is 2.47. The summed E-state index contributed by atoms with van der Waals surface area (Å²) in [6, 6.07) is 0.820. The Morgan fingerprint density at radius 3 is 2.58 bits per heavy atom. The van der Waals surface area contributed by atoms with E-state index < -0.39 is 70.9 Å². The number of nitrogens with zero attached hydrogens (tertiary/aromatic N) is 7. The van der Waals surface area contributed by atoms with Gasteiger partial charge in [0.05, 0.1) is 31.9 Å². The highest BCUT2D eigenvalue weighted by Crippen LogP contribution is 2.44. The summed E-state index contributed by atoms with van der Waals surface area (Å²) in [4.78, 5) is 75.9. The number of esters is 1. The van der Waals surface area contributed by atoms with Crippen LogP contribution in [0.25, 0.3) is 5.70 Å². The maximum atomic E-state index is 14.0. The van der Waals surface area contributed by atoms with Gasteiger partial charge in [-0.25, -0.2) is 9.37 Å². The maximum absolute atomic E-state index is 14.0. The number of tetrazole rings is 1. The molecular formula is C36H47FN11O9S2+. The maximum Gasteiger partial charge on any atom is 0.302 e. The number of carbonyl (C=O) groups is 5. The zero-order valence-corrected chi connectivity index (χ0v) is 34.5. The number of phenolic OH excluding ortho intramolecular Hbond substituents is 2. The second-order valence-corrected chi connectivity index (χ2v) is 15.6. The summed E-state index contributed by atoms with van der Waals surface area (Å²) in [6.45, 7) is 9.32. The summed E-state index contributed by atoms with van der Waals surface area (Å²) < 4.78 is 19.5. The lowest BCUT2D eigenvalue weighted by atomic mass is 10.0. The van der Waals surface area contributed by atoms with Crippen LogP contribution in [-0.2, 0) is 28.8 Å². The Hall–Kier alpha value is -5.68. The van der Waals surface area contributed by atoms with Crippen molar-refractivity contribution in [2.45, 2.75) is 70.9 Å². The van der Waals surface area contributed by atoms with Gasteiger partial charge >= 0.3 is 5.97 Å². The third-order valence-electron chi connectivity index (χ3n) is 9.65. The Kier molecular flexibility index (Phi) is 14.9. The molecule has 0 bridgehead atoms. The van der Waals surface area contributed by atoms with Gasteiger partial charge in [0, 0.05) is 48.5 Å². The molecule has 0 spiro atoms. The number of quaternary nitrogens is 1. The van der Waals surface area contributed by atoms with Crippen molar-refractivity contribution in [3.05, 3.63) is 46.0 Å². The summed E-state index contributed by atoms with van der Waals surface area (Å²) in [5.41, 5.74) is 6.72. The molecule has 2 saturated heterocycles. The highest BCUT2D eigenvalue weighted by molar-refractivity contribution is 8.00. The van der Waals surface area contributed by atoms with Crippen molar-refractivity contribution in [2.75, 3.05) is 50.8 Å². The number of H-pyrrole nitrogens is 1. The average Bonchev–Trinajstić information content (AvgIpc) is 4.01. The lowest BCUT2D eigenvalue weighted by Crippen LogP contribution is -2.70. The first-order valence-electron chi connectivity index (χ1n) is 19.0. The number of aromatic nitrogens is 5. The number of anilines is 1. The number of nitrogens with one attached hydrogen (secondary N) is 3. The second kappa shape index (κ2) is 19.8. The SMILES string of the molecule is CC.CCCC(=O)[C@H](COC(C)=O)O/N=C(\C(=O)N[C@@H]1C(=O)N2C(c3nn[nH]n3)=C(C[N+]3(CCNC(=O)c4cc(O)c(O)c(F)c4)CCCC3)CS[C@H]12)c1csc(N)n1. The van der Waals surface area contributed by atoms with Crippen LogP contribution in [0.5, 0.6) is 11.5 Å². The average molecular weight is 861 g/mol. The van der Waals surface area contributed by atoms with Crippen LogP contribution in [0.2, 0.25) is 0 Å². The number of aromatic hydroxyl groups is 2. The first-order chi connectivity index (χ1) is 28.3. The topological polar surface area (TPSA) is 277 Å². The molecule has 3 aliphatic heterocycles. The lowest BCUT2D eigenvalue weighted by molar-refractivity contribution is -0.911. The van der Waals surface area contributed by atoms with Crippen molar-refractivity contribution in [1.82, 2.24) is 41.1 Å². The van der Waals surface area contributed by atoms with Crippen LogP contribution in [-0.4, -0.2) is 143 Å². The number of fused-ring (bicyclic) bond motifs is 1. The molecule has 3 aromatic rings. The van der Waals surface area contributed by atoms with Crippen LogP contribution in [0.1, 0.15) is 75.3 Å². The number of thioether (sulfide) groups is 1. The molecule has 0 aliphatic carbocycles. The van der Waals surface area contributed by atoms with Crippen LogP contribution in [0.15, 0.2) is 28.2 Å². The number of thiazole rings is 1. The Balaban J connectivity index is 0.00000326. The van der Waals surface area contributed by atoms with Crippen LogP contribution in [0, 0.1) is 5.82 Å². The van der Waals surface area contributed by atoms with E-state index in [9.17, 15) is 38.6 Å². The zero-order chi connectivity index (χ0) is 42.9. The number of phenols is 2. The molecule has 0 saturated carbocycles. The van der Waals surface area contributed by atoms with Gasteiger partial charge in [-0.2, -0.15) is 5.21 Å². The monoisotopic (exact) mass is 860 g/mol. The minimum Gasteiger partial charge on any atom is -0.504 e. The number of carbonyl (C=O) groups excluding carboxylic acids is 5. The quantitative estimate of drug-likeness (QED) is 0.0281. The fourth-order valence-electron chi connectivity index (χ4n) is 6.88. The van der Waals surface area contributed by atoms with Gasteiger partial charge in [0.1, 0.15) is 30.3 Å². The predicted octanol–water partition coefficient (Wildman–Crippen LogP) is 1.69. The van der Waals surface area contributed by atoms with Gasteiger partial charge < -0.3 is 40.6 Å². The van der Waals surface area contributed by atoms with Crippen molar-refractivity contribution in [3.63, 3.8) is 0 Å². The van der Waals surface area contributed by atoms with E-state index in [4.69, 9.17) is 15.3 Å². The van der Waals surface area contributed by atoms with E-state index in [2.05, 4.69) is 41.4 Å². The minimum atomic E-state index is -1.29.